The summed E-state index contributed by atoms with van der Waals surface area (Å²) < 4.78 is 5.11. The van der Waals surface area contributed by atoms with Crippen LogP contribution in [0.3, 0.4) is 0 Å². The molecule has 0 saturated heterocycles. The largest absolute Gasteiger partial charge is 0.462 e. The lowest BCUT2D eigenvalue weighted by Gasteiger charge is -2.13. The maximum atomic E-state index is 12.0. The second kappa shape index (κ2) is 14.8. The molecular formula is C32H35ClO2. The summed E-state index contributed by atoms with van der Waals surface area (Å²) in [5, 5.41) is 0.704. The van der Waals surface area contributed by atoms with Gasteiger partial charge in [0.15, 0.2) is 0 Å². The van der Waals surface area contributed by atoms with Crippen molar-refractivity contribution < 1.29 is 9.53 Å². The molecule has 35 heavy (non-hydrogen) atoms. The van der Waals surface area contributed by atoms with Gasteiger partial charge in [0.05, 0.1) is 12.2 Å². The summed E-state index contributed by atoms with van der Waals surface area (Å²) in [5.74, 6) is -0.305. The lowest BCUT2D eigenvalue weighted by molar-refractivity contribution is 0.0526. The maximum Gasteiger partial charge on any atom is 0.338 e. The molecule has 182 valence electrons. The van der Waals surface area contributed by atoms with Crippen LogP contribution in [0, 0.1) is 6.92 Å². The molecule has 0 aliphatic heterocycles. The van der Waals surface area contributed by atoms with Gasteiger partial charge in [0.1, 0.15) is 0 Å². The first-order valence-corrected chi connectivity index (χ1v) is 12.6. The topological polar surface area (TPSA) is 26.3 Å². The highest BCUT2D eigenvalue weighted by Crippen LogP contribution is 2.35. The van der Waals surface area contributed by atoms with Crippen LogP contribution in [0.1, 0.15) is 49.2 Å². The first-order valence-electron chi connectivity index (χ1n) is 12.2. The number of benzene rings is 4. The Labute approximate surface area is 215 Å². The van der Waals surface area contributed by atoms with Gasteiger partial charge in [0, 0.05) is 5.02 Å². The van der Waals surface area contributed by atoms with Crippen LogP contribution in [0.4, 0.5) is 0 Å². The third kappa shape index (κ3) is 8.12. The molecule has 0 bridgehead atoms. The monoisotopic (exact) mass is 486 g/mol. The van der Waals surface area contributed by atoms with E-state index < -0.39 is 0 Å². The first-order chi connectivity index (χ1) is 17.0. The Morgan fingerprint density at radius 1 is 0.743 bits per heavy atom. The van der Waals surface area contributed by atoms with E-state index in [1.807, 2.05) is 68.4 Å². The number of aryl methyl sites for hydroxylation is 2. The standard InChI is InChI=1S/C22H19ClO2.C8H10.C2H6/c1-3-25-22(24)17-8-6-7-16(13-17)19-9-4-5-10-20(19)21-14-18(23)12-11-15(21)2;1-2-8-6-4-3-5-7-8;1-2/h4-14H,3H2,1-2H3;3-7H,2H2,1H3;1-2H3. The third-order valence-corrected chi connectivity index (χ3v) is 5.59. The van der Waals surface area contributed by atoms with Gasteiger partial charge in [-0.25, -0.2) is 4.79 Å². The van der Waals surface area contributed by atoms with Crippen LogP contribution in [-0.4, -0.2) is 12.6 Å². The number of halogens is 1. The zero-order valence-corrected chi connectivity index (χ0v) is 22.1. The van der Waals surface area contributed by atoms with Crippen LogP contribution in [0.2, 0.25) is 5.02 Å². The van der Waals surface area contributed by atoms with Crippen molar-refractivity contribution in [1.29, 1.82) is 0 Å². The van der Waals surface area contributed by atoms with E-state index in [4.69, 9.17) is 16.3 Å². The molecule has 0 saturated carbocycles. The molecule has 0 heterocycles. The minimum Gasteiger partial charge on any atom is -0.462 e. The van der Waals surface area contributed by atoms with Crippen LogP contribution in [0.25, 0.3) is 22.3 Å². The second-order valence-electron chi connectivity index (χ2n) is 7.65. The van der Waals surface area contributed by atoms with Gasteiger partial charge in [0.25, 0.3) is 0 Å². The van der Waals surface area contributed by atoms with Crippen LogP contribution >= 0.6 is 11.6 Å². The number of esters is 1. The van der Waals surface area contributed by atoms with Crippen molar-refractivity contribution in [1.82, 2.24) is 0 Å². The van der Waals surface area contributed by atoms with E-state index in [9.17, 15) is 4.79 Å². The SMILES string of the molecule is CC.CCOC(=O)c1cccc(-c2ccccc2-c2cc(Cl)ccc2C)c1.CCc1ccccc1. The highest BCUT2D eigenvalue weighted by Gasteiger charge is 2.12. The fourth-order valence-corrected chi connectivity index (χ4v) is 3.77. The normalized spacial score (nSPS) is 9.77. The van der Waals surface area contributed by atoms with Crippen molar-refractivity contribution >= 4 is 17.6 Å². The van der Waals surface area contributed by atoms with Gasteiger partial charge in [-0.15, -0.1) is 0 Å². The fourth-order valence-electron chi connectivity index (χ4n) is 3.60. The van der Waals surface area contributed by atoms with Gasteiger partial charge in [-0.1, -0.05) is 105 Å². The van der Waals surface area contributed by atoms with Crippen LogP contribution in [0.15, 0.2) is 97.1 Å². The van der Waals surface area contributed by atoms with Gasteiger partial charge in [0.2, 0.25) is 0 Å². The molecule has 0 spiro atoms. The molecule has 0 radical (unpaired) electrons. The molecular weight excluding hydrogens is 452 g/mol. The smallest absolute Gasteiger partial charge is 0.338 e. The zero-order valence-electron chi connectivity index (χ0n) is 21.3. The summed E-state index contributed by atoms with van der Waals surface area (Å²) in [7, 11) is 0. The molecule has 4 aromatic carbocycles. The van der Waals surface area contributed by atoms with Gasteiger partial charge in [-0.05, 0) is 77.9 Å². The Morgan fingerprint density at radius 3 is 2.03 bits per heavy atom. The van der Waals surface area contributed by atoms with Gasteiger partial charge < -0.3 is 4.74 Å². The number of carbonyl (C=O) groups is 1. The average Bonchev–Trinajstić information content (AvgIpc) is 2.92. The molecule has 0 fully saturated rings. The molecule has 0 amide bonds. The highest BCUT2D eigenvalue weighted by molar-refractivity contribution is 6.31. The Hall–Kier alpha value is -3.36. The van der Waals surface area contributed by atoms with E-state index in [2.05, 4.69) is 50.2 Å². The van der Waals surface area contributed by atoms with Crippen molar-refractivity contribution in [2.75, 3.05) is 6.61 Å². The van der Waals surface area contributed by atoms with Gasteiger partial charge >= 0.3 is 5.97 Å². The lowest BCUT2D eigenvalue weighted by atomic mass is 9.91. The predicted octanol–water partition coefficient (Wildman–Crippen LogP) is 9.43. The predicted molar refractivity (Wildman–Crippen MR) is 150 cm³/mol. The van der Waals surface area contributed by atoms with Crippen LogP contribution in [-0.2, 0) is 11.2 Å². The summed E-state index contributed by atoms with van der Waals surface area (Å²) in [5.41, 5.74) is 7.32. The van der Waals surface area contributed by atoms with Crippen LogP contribution in [0.5, 0.6) is 0 Å². The van der Waals surface area contributed by atoms with E-state index in [1.54, 1.807) is 13.0 Å². The summed E-state index contributed by atoms with van der Waals surface area (Å²) in [6, 6.07) is 32.0. The number of ether oxygens (including phenoxy) is 1. The third-order valence-electron chi connectivity index (χ3n) is 5.35. The Bertz CT molecular complexity index is 1200. The highest BCUT2D eigenvalue weighted by atomic mass is 35.5. The quantitative estimate of drug-likeness (QED) is 0.262. The zero-order chi connectivity index (χ0) is 25.6. The van der Waals surface area contributed by atoms with E-state index in [0.29, 0.717) is 17.2 Å². The summed E-state index contributed by atoms with van der Waals surface area (Å²) in [4.78, 5) is 12.0. The molecule has 0 N–H and O–H groups in total. The van der Waals surface area contributed by atoms with Crippen molar-refractivity contribution in [2.45, 2.75) is 41.0 Å². The first kappa shape index (κ1) is 27.9. The Balaban J connectivity index is 0.000000363. The van der Waals surface area contributed by atoms with Crippen molar-refractivity contribution in [3.05, 3.63) is 119 Å². The van der Waals surface area contributed by atoms with Crippen molar-refractivity contribution in [3.8, 4) is 22.3 Å². The van der Waals surface area contributed by atoms with Crippen LogP contribution < -0.4 is 0 Å². The number of rotatable bonds is 5. The number of hydrogen-bond donors (Lipinski definition) is 0. The molecule has 4 aromatic rings. The van der Waals surface area contributed by atoms with Gasteiger partial charge in [-0.3, -0.25) is 0 Å². The molecule has 0 unspecified atom stereocenters. The lowest BCUT2D eigenvalue weighted by Crippen LogP contribution is -2.04. The second-order valence-corrected chi connectivity index (χ2v) is 8.08. The Kier molecular flexibility index (Phi) is 11.8. The summed E-state index contributed by atoms with van der Waals surface area (Å²) in [6.07, 6.45) is 1.14. The molecule has 0 aliphatic carbocycles. The molecule has 2 nitrogen and oxygen atoms in total. The van der Waals surface area contributed by atoms with E-state index >= 15 is 0 Å². The van der Waals surface area contributed by atoms with Gasteiger partial charge in [-0.2, -0.15) is 0 Å². The Morgan fingerprint density at radius 2 is 1.40 bits per heavy atom. The molecule has 0 aliphatic rings. The van der Waals surface area contributed by atoms with E-state index in [0.717, 1.165) is 34.2 Å². The van der Waals surface area contributed by atoms with E-state index in [1.165, 1.54) is 5.56 Å². The molecule has 0 atom stereocenters. The minimum absolute atomic E-state index is 0.305. The average molecular weight is 487 g/mol. The molecule has 4 rings (SSSR count). The van der Waals surface area contributed by atoms with Crippen molar-refractivity contribution in [3.63, 3.8) is 0 Å². The summed E-state index contributed by atoms with van der Waals surface area (Å²) in [6.45, 7) is 10.4. The summed E-state index contributed by atoms with van der Waals surface area (Å²) >= 11 is 6.21. The number of hydrogen-bond acceptors (Lipinski definition) is 2. The fraction of sp³-hybridized carbons (Fsp3) is 0.219. The molecule has 0 aromatic heterocycles. The molecule has 3 heteroatoms. The number of carbonyl (C=O) groups excluding carboxylic acids is 1. The van der Waals surface area contributed by atoms with Crippen molar-refractivity contribution in [2.24, 2.45) is 0 Å². The van der Waals surface area contributed by atoms with E-state index in [-0.39, 0.29) is 5.97 Å². The maximum absolute atomic E-state index is 12.0. The minimum atomic E-state index is -0.305.